The minimum atomic E-state index is -4.01. The molecule has 0 saturated carbocycles. The lowest BCUT2D eigenvalue weighted by molar-refractivity contribution is -0.245. The highest BCUT2D eigenvalue weighted by Crippen LogP contribution is 2.40. The van der Waals surface area contributed by atoms with Gasteiger partial charge in [-0.15, -0.1) is 11.8 Å². The van der Waals surface area contributed by atoms with Crippen LogP contribution in [0.3, 0.4) is 0 Å². The predicted molar refractivity (Wildman–Crippen MR) is 198 cm³/mol. The summed E-state index contributed by atoms with van der Waals surface area (Å²) in [5.74, 6) is 0.325. The minimum absolute atomic E-state index is 0.0540. The molecular formula is C40H40N2O7S2. The Morgan fingerprint density at radius 2 is 1.57 bits per heavy atom. The molecule has 0 radical (unpaired) electrons. The second-order valence-corrected chi connectivity index (χ2v) is 15.3. The first kappa shape index (κ1) is 36.3. The summed E-state index contributed by atoms with van der Waals surface area (Å²) in [6.45, 7) is 1.82. The molecule has 1 amide bonds. The third kappa shape index (κ3) is 9.85. The summed E-state index contributed by atoms with van der Waals surface area (Å²) in [7, 11) is -4.01. The van der Waals surface area contributed by atoms with Gasteiger partial charge in [0.2, 0.25) is 15.9 Å². The maximum atomic E-state index is 13.8. The molecule has 0 spiro atoms. The standard InChI is InChI=1S/C40H40N2O7S2/c1-27-10-20-36(21-11-27)51(46,47)42-37(22-28-6-3-2-4-7-28)39(45)41-32-9-5-8-31(23-32)40-48-34(26-50-35-18-16-33(44)17-19-35)24-38(49-40)30-14-12-29(25-43)13-15-30/h2-21,23,34,37-38,40,42-44H,22,24-26H2,1H3,(H,41,45). The molecular weight excluding hydrogens is 685 g/mol. The number of sulfonamides is 1. The first-order chi connectivity index (χ1) is 24.6. The van der Waals surface area contributed by atoms with Crippen molar-refractivity contribution in [3.63, 3.8) is 0 Å². The molecule has 1 fully saturated rings. The number of carbonyl (C=O) groups excluding carboxylic acids is 1. The van der Waals surface area contributed by atoms with Crippen molar-refractivity contribution < 1.29 is 32.9 Å². The highest BCUT2D eigenvalue weighted by atomic mass is 32.2. The molecule has 51 heavy (non-hydrogen) atoms. The van der Waals surface area contributed by atoms with E-state index in [4.69, 9.17) is 9.47 Å². The predicted octanol–water partition coefficient (Wildman–Crippen LogP) is 7.06. The molecule has 1 aliphatic rings. The van der Waals surface area contributed by atoms with Gasteiger partial charge in [-0.1, -0.05) is 84.4 Å². The number of anilines is 1. The van der Waals surface area contributed by atoms with Gasteiger partial charge >= 0.3 is 0 Å². The Kier molecular flexibility index (Phi) is 11.9. The molecule has 264 valence electrons. The molecule has 1 heterocycles. The maximum Gasteiger partial charge on any atom is 0.242 e. The van der Waals surface area contributed by atoms with Gasteiger partial charge in [0.1, 0.15) is 11.8 Å². The summed E-state index contributed by atoms with van der Waals surface area (Å²) in [6.07, 6.45) is -0.521. The second kappa shape index (κ2) is 16.7. The van der Waals surface area contributed by atoms with E-state index in [0.717, 1.165) is 27.1 Å². The number of aliphatic hydroxyl groups is 1. The minimum Gasteiger partial charge on any atom is -0.508 e. The number of nitrogens with one attached hydrogen (secondary N) is 2. The molecule has 4 atom stereocenters. The lowest BCUT2D eigenvalue weighted by atomic mass is 10.0. The van der Waals surface area contributed by atoms with E-state index in [-0.39, 0.29) is 35.9 Å². The Labute approximate surface area is 302 Å². The lowest BCUT2D eigenvalue weighted by Crippen LogP contribution is -2.45. The van der Waals surface area contributed by atoms with Crippen LogP contribution >= 0.6 is 11.8 Å². The molecule has 11 heteroatoms. The van der Waals surface area contributed by atoms with Crippen molar-refractivity contribution in [3.05, 3.63) is 155 Å². The van der Waals surface area contributed by atoms with Crippen molar-refractivity contribution in [2.45, 2.75) is 60.7 Å². The summed E-state index contributed by atoms with van der Waals surface area (Å²) < 4.78 is 42.4. The fourth-order valence-electron chi connectivity index (χ4n) is 5.76. The third-order valence-electron chi connectivity index (χ3n) is 8.54. The first-order valence-corrected chi connectivity index (χ1v) is 19.1. The number of ether oxygens (including phenoxy) is 2. The van der Waals surface area contributed by atoms with Gasteiger partial charge in [0.15, 0.2) is 6.29 Å². The number of hydrogen-bond donors (Lipinski definition) is 4. The molecule has 9 nitrogen and oxygen atoms in total. The zero-order chi connectivity index (χ0) is 35.8. The molecule has 1 aliphatic heterocycles. The number of amides is 1. The van der Waals surface area contributed by atoms with Gasteiger partial charge in [-0.05, 0) is 78.6 Å². The Morgan fingerprint density at radius 1 is 0.843 bits per heavy atom. The van der Waals surface area contributed by atoms with Crippen LogP contribution in [0, 0.1) is 6.92 Å². The molecule has 4 N–H and O–H groups in total. The van der Waals surface area contributed by atoms with Crippen LogP contribution in [0.5, 0.6) is 5.75 Å². The van der Waals surface area contributed by atoms with Crippen LogP contribution < -0.4 is 10.0 Å². The number of rotatable bonds is 13. The van der Waals surface area contributed by atoms with E-state index >= 15 is 0 Å². The van der Waals surface area contributed by atoms with Gasteiger partial charge in [0, 0.05) is 28.3 Å². The largest absolute Gasteiger partial charge is 0.508 e. The van der Waals surface area contributed by atoms with Crippen molar-refractivity contribution in [1.29, 1.82) is 0 Å². The molecule has 1 saturated heterocycles. The van der Waals surface area contributed by atoms with Gasteiger partial charge < -0.3 is 25.0 Å². The number of benzene rings is 5. The fraction of sp³-hybridized carbons (Fsp3) is 0.225. The van der Waals surface area contributed by atoms with E-state index in [1.165, 1.54) is 12.1 Å². The van der Waals surface area contributed by atoms with Gasteiger partial charge in [-0.2, -0.15) is 4.72 Å². The van der Waals surface area contributed by atoms with Crippen molar-refractivity contribution in [2.75, 3.05) is 11.1 Å². The van der Waals surface area contributed by atoms with Crippen LogP contribution in [-0.2, 0) is 37.3 Å². The van der Waals surface area contributed by atoms with Crippen LogP contribution in [-0.4, -0.2) is 42.4 Å². The molecule has 0 aliphatic carbocycles. The third-order valence-corrected chi connectivity index (χ3v) is 11.2. The van der Waals surface area contributed by atoms with Gasteiger partial charge in [0.05, 0.1) is 23.7 Å². The van der Waals surface area contributed by atoms with E-state index < -0.39 is 28.3 Å². The Bertz CT molecular complexity index is 2010. The average molecular weight is 725 g/mol. The topological polar surface area (TPSA) is 134 Å². The molecule has 0 bridgehead atoms. The van der Waals surface area contributed by atoms with Crippen molar-refractivity contribution in [1.82, 2.24) is 4.72 Å². The average Bonchev–Trinajstić information content (AvgIpc) is 3.15. The van der Waals surface area contributed by atoms with E-state index in [2.05, 4.69) is 10.0 Å². The Morgan fingerprint density at radius 3 is 2.27 bits per heavy atom. The molecule has 6 rings (SSSR count). The van der Waals surface area contributed by atoms with Crippen LogP contribution in [0.2, 0.25) is 0 Å². The van der Waals surface area contributed by atoms with Gasteiger partial charge in [-0.3, -0.25) is 4.79 Å². The van der Waals surface area contributed by atoms with E-state index in [1.807, 2.05) is 79.7 Å². The highest BCUT2D eigenvalue weighted by Gasteiger charge is 2.33. The van der Waals surface area contributed by atoms with E-state index in [1.54, 1.807) is 54.2 Å². The molecule has 0 aromatic heterocycles. The normalized spacial score (nSPS) is 18.2. The van der Waals surface area contributed by atoms with Gasteiger partial charge in [-0.25, -0.2) is 8.42 Å². The highest BCUT2D eigenvalue weighted by molar-refractivity contribution is 7.99. The summed E-state index contributed by atoms with van der Waals surface area (Å²) in [5.41, 5.74) is 4.62. The number of carbonyl (C=O) groups is 1. The zero-order valence-electron chi connectivity index (χ0n) is 28.0. The number of aromatic hydroxyl groups is 1. The zero-order valence-corrected chi connectivity index (χ0v) is 29.6. The quantitative estimate of drug-likeness (QED) is 0.0950. The summed E-state index contributed by atoms with van der Waals surface area (Å²) in [6, 6.07) is 36.5. The number of hydrogen-bond acceptors (Lipinski definition) is 8. The van der Waals surface area contributed by atoms with Crippen LogP contribution in [0.25, 0.3) is 0 Å². The maximum absolute atomic E-state index is 13.8. The number of aryl methyl sites for hydroxylation is 1. The first-order valence-electron chi connectivity index (χ1n) is 16.6. The van der Waals surface area contributed by atoms with Crippen LogP contribution in [0.4, 0.5) is 5.69 Å². The summed E-state index contributed by atoms with van der Waals surface area (Å²) >= 11 is 1.62. The van der Waals surface area contributed by atoms with Crippen LogP contribution in [0.1, 0.15) is 46.6 Å². The lowest BCUT2D eigenvalue weighted by Gasteiger charge is -2.36. The van der Waals surface area contributed by atoms with Crippen molar-refractivity contribution in [2.24, 2.45) is 0 Å². The Hall–Kier alpha value is -4.49. The number of aliphatic hydroxyl groups excluding tert-OH is 1. The number of thioether (sulfide) groups is 1. The van der Waals surface area contributed by atoms with E-state index in [9.17, 15) is 23.4 Å². The summed E-state index contributed by atoms with van der Waals surface area (Å²) in [4.78, 5) is 14.9. The van der Waals surface area contributed by atoms with Crippen molar-refractivity contribution >= 4 is 33.4 Å². The molecule has 5 aromatic rings. The van der Waals surface area contributed by atoms with Gasteiger partial charge in [0.25, 0.3) is 0 Å². The fourth-order valence-corrected chi connectivity index (χ4v) is 7.87. The number of phenols is 1. The second-order valence-electron chi connectivity index (χ2n) is 12.4. The molecule has 5 aromatic carbocycles. The van der Waals surface area contributed by atoms with Crippen molar-refractivity contribution in [3.8, 4) is 5.75 Å². The molecule has 4 unspecified atom stereocenters. The number of phenolic OH excluding ortho intramolecular Hbond substituents is 1. The van der Waals surface area contributed by atoms with Crippen LogP contribution in [0.15, 0.2) is 137 Å². The SMILES string of the molecule is Cc1ccc(S(=O)(=O)NC(Cc2ccccc2)C(=O)Nc2cccc(C3OC(CSc4ccc(O)cc4)CC(c4ccc(CO)cc4)O3)c2)cc1. The smallest absolute Gasteiger partial charge is 0.242 e. The van der Waals surface area contributed by atoms with E-state index in [0.29, 0.717) is 23.4 Å². The Balaban J connectivity index is 1.22. The summed E-state index contributed by atoms with van der Waals surface area (Å²) in [5, 5.41) is 22.2. The monoisotopic (exact) mass is 724 g/mol.